The summed E-state index contributed by atoms with van der Waals surface area (Å²) in [5, 5.41) is 5.38. The molecule has 0 radical (unpaired) electrons. The van der Waals surface area contributed by atoms with Gasteiger partial charge in [-0.1, -0.05) is 0 Å². The topological polar surface area (TPSA) is 76.4 Å². The van der Waals surface area contributed by atoms with Crippen molar-refractivity contribution in [3.05, 3.63) is 24.1 Å². The highest BCUT2D eigenvalue weighted by molar-refractivity contribution is 5.91. The number of aryl methyl sites for hydroxylation is 1. The van der Waals surface area contributed by atoms with Crippen LogP contribution in [0, 0.1) is 6.92 Å². The molecule has 2 aromatic rings. The molecule has 0 aliphatic carbocycles. The molecule has 0 saturated carbocycles. The number of carbonyl (C=O) groups excluding carboxylic acids is 1. The zero-order valence-corrected chi connectivity index (χ0v) is 10.3. The van der Waals surface area contributed by atoms with Crippen LogP contribution in [0.3, 0.4) is 0 Å². The standard InChI is InChI=1S/C12H15N3O3/c1-8-14-10-7-9(3-4-11(10)18-8)15-12(16)13-5-6-17-2/h3-4,7H,5-6H2,1-2H3,(H2,13,15,16). The molecule has 0 bridgehead atoms. The van der Waals surface area contributed by atoms with Crippen LogP contribution in [0.1, 0.15) is 5.89 Å². The zero-order chi connectivity index (χ0) is 13.0. The summed E-state index contributed by atoms with van der Waals surface area (Å²) in [5.41, 5.74) is 2.10. The van der Waals surface area contributed by atoms with E-state index in [1.807, 2.05) is 0 Å². The number of rotatable bonds is 4. The van der Waals surface area contributed by atoms with Crippen molar-refractivity contribution in [1.29, 1.82) is 0 Å². The molecule has 0 saturated heterocycles. The summed E-state index contributed by atoms with van der Waals surface area (Å²) in [5.74, 6) is 0.603. The fourth-order valence-electron chi connectivity index (χ4n) is 1.56. The van der Waals surface area contributed by atoms with E-state index in [1.165, 1.54) is 0 Å². The Morgan fingerprint density at radius 2 is 2.33 bits per heavy atom. The van der Waals surface area contributed by atoms with Gasteiger partial charge in [-0.25, -0.2) is 9.78 Å². The molecule has 1 aromatic carbocycles. The molecule has 2 rings (SSSR count). The lowest BCUT2D eigenvalue weighted by Crippen LogP contribution is -2.31. The minimum Gasteiger partial charge on any atom is -0.441 e. The third-order valence-corrected chi connectivity index (χ3v) is 2.34. The number of aromatic nitrogens is 1. The molecule has 96 valence electrons. The smallest absolute Gasteiger partial charge is 0.319 e. The van der Waals surface area contributed by atoms with E-state index >= 15 is 0 Å². The normalized spacial score (nSPS) is 10.6. The molecule has 1 aromatic heterocycles. The monoisotopic (exact) mass is 249 g/mol. The van der Waals surface area contributed by atoms with Gasteiger partial charge >= 0.3 is 6.03 Å². The molecule has 18 heavy (non-hydrogen) atoms. The number of nitrogens with zero attached hydrogens (tertiary/aromatic N) is 1. The van der Waals surface area contributed by atoms with E-state index in [0.717, 1.165) is 5.52 Å². The number of methoxy groups -OCH3 is 1. The summed E-state index contributed by atoms with van der Waals surface area (Å²) in [4.78, 5) is 15.7. The molecule has 1 heterocycles. The fraction of sp³-hybridized carbons (Fsp3) is 0.333. The van der Waals surface area contributed by atoms with Crippen LogP contribution in [0.25, 0.3) is 11.1 Å². The second-order valence-electron chi connectivity index (χ2n) is 3.79. The molecular weight excluding hydrogens is 234 g/mol. The number of urea groups is 1. The van der Waals surface area contributed by atoms with Crippen LogP contribution >= 0.6 is 0 Å². The van der Waals surface area contributed by atoms with Crippen molar-refractivity contribution >= 4 is 22.8 Å². The van der Waals surface area contributed by atoms with Crippen molar-refractivity contribution in [1.82, 2.24) is 10.3 Å². The molecular formula is C12H15N3O3. The molecule has 0 atom stereocenters. The number of hydrogen-bond acceptors (Lipinski definition) is 4. The third kappa shape index (κ3) is 2.98. The van der Waals surface area contributed by atoms with E-state index in [4.69, 9.17) is 9.15 Å². The van der Waals surface area contributed by atoms with Crippen molar-refractivity contribution in [2.75, 3.05) is 25.6 Å². The van der Waals surface area contributed by atoms with Crippen molar-refractivity contribution < 1.29 is 13.9 Å². The van der Waals surface area contributed by atoms with Crippen LogP contribution in [-0.4, -0.2) is 31.3 Å². The number of hydrogen-bond donors (Lipinski definition) is 2. The van der Waals surface area contributed by atoms with E-state index in [0.29, 0.717) is 30.3 Å². The lowest BCUT2D eigenvalue weighted by Gasteiger charge is -2.06. The van der Waals surface area contributed by atoms with Crippen LogP contribution in [0.5, 0.6) is 0 Å². The molecule has 0 unspecified atom stereocenters. The van der Waals surface area contributed by atoms with E-state index < -0.39 is 0 Å². The van der Waals surface area contributed by atoms with Gasteiger partial charge in [0.15, 0.2) is 11.5 Å². The van der Waals surface area contributed by atoms with Gasteiger partial charge in [0.1, 0.15) is 5.52 Å². The molecule has 0 fully saturated rings. The number of fused-ring (bicyclic) bond motifs is 1. The van der Waals surface area contributed by atoms with Gasteiger partial charge in [0.05, 0.1) is 6.61 Å². The SMILES string of the molecule is COCCNC(=O)Nc1ccc2oc(C)nc2c1. The van der Waals surface area contributed by atoms with Gasteiger partial charge in [-0.2, -0.15) is 0 Å². The molecule has 2 N–H and O–H groups in total. The summed E-state index contributed by atoms with van der Waals surface area (Å²) in [6, 6.07) is 5.04. The lowest BCUT2D eigenvalue weighted by atomic mass is 10.3. The Bertz CT molecular complexity index is 550. The number of nitrogens with one attached hydrogen (secondary N) is 2. The number of anilines is 1. The predicted octanol–water partition coefficient (Wildman–Crippen LogP) is 1.90. The second-order valence-corrected chi connectivity index (χ2v) is 3.79. The maximum absolute atomic E-state index is 11.5. The average Bonchev–Trinajstić information content (AvgIpc) is 2.69. The van der Waals surface area contributed by atoms with Crippen molar-refractivity contribution in [2.45, 2.75) is 6.92 Å². The average molecular weight is 249 g/mol. The highest BCUT2D eigenvalue weighted by Gasteiger charge is 2.05. The Labute approximate surface area is 104 Å². The molecule has 6 heteroatoms. The van der Waals surface area contributed by atoms with Gasteiger partial charge in [-0.3, -0.25) is 0 Å². The first-order valence-electron chi connectivity index (χ1n) is 5.60. The van der Waals surface area contributed by atoms with Crippen LogP contribution in [0.2, 0.25) is 0 Å². The molecule has 0 aliphatic rings. The number of carbonyl (C=O) groups is 1. The molecule has 2 amide bonds. The Hall–Kier alpha value is -2.08. The Balaban J connectivity index is 2.00. The van der Waals surface area contributed by atoms with Gasteiger partial charge in [-0.05, 0) is 18.2 Å². The van der Waals surface area contributed by atoms with E-state index in [9.17, 15) is 4.79 Å². The lowest BCUT2D eigenvalue weighted by molar-refractivity contribution is 0.198. The summed E-state index contributed by atoms with van der Waals surface area (Å²) in [7, 11) is 1.58. The predicted molar refractivity (Wildman–Crippen MR) is 67.6 cm³/mol. The van der Waals surface area contributed by atoms with Gasteiger partial charge in [0, 0.05) is 26.3 Å². The third-order valence-electron chi connectivity index (χ3n) is 2.34. The molecule has 0 spiro atoms. The summed E-state index contributed by atoms with van der Waals surface area (Å²) < 4.78 is 10.2. The second kappa shape index (κ2) is 5.50. The summed E-state index contributed by atoms with van der Waals surface area (Å²) in [6.07, 6.45) is 0. The fourth-order valence-corrected chi connectivity index (χ4v) is 1.56. The first-order chi connectivity index (χ1) is 8.69. The van der Waals surface area contributed by atoms with E-state index in [1.54, 1.807) is 32.2 Å². The Kier molecular flexibility index (Phi) is 3.78. The van der Waals surface area contributed by atoms with E-state index in [-0.39, 0.29) is 6.03 Å². The number of benzene rings is 1. The van der Waals surface area contributed by atoms with Crippen LogP contribution in [0.15, 0.2) is 22.6 Å². The summed E-state index contributed by atoms with van der Waals surface area (Å²) >= 11 is 0. The largest absolute Gasteiger partial charge is 0.441 e. The Morgan fingerprint density at radius 1 is 1.50 bits per heavy atom. The van der Waals surface area contributed by atoms with Gasteiger partial charge in [0.25, 0.3) is 0 Å². The highest BCUT2D eigenvalue weighted by Crippen LogP contribution is 2.19. The highest BCUT2D eigenvalue weighted by atomic mass is 16.5. The number of amides is 2. The summed E-state index contributed by atoms with van der Waals surface area (Å²) in [6.45, 7) is 2.73. The zero-order valence-electron chi connectivity index (χ0n) is 10.3. The quantitative estimate of drug-likeness (QED) is 0.811. The molecule has 0 aliphatic heterocycles. The minimum atomic E-state index is -0.272. The first-order valence-corrected chi connectivity index (χ1v) is 5.60. The van der Waals surface area contributed by atoms with Crippen LogP contribution < -0.4 is 10.6 Å². The maximum Gasteiger partial charge on any atom is 0.319 e. The van der Waals surface area contributed by atoms with Gasteiger partial charge in [0.2, 0.25) is 0 Å². The Morgan fingerprint density at radius 3 is 3.11 bits per heavy atom. The van der Waals surface area contributed by atoms with E-state index in [2.05, 4.69) is 15.6 Å². The maximum atomic E-state index is 11.5. The van der Waals surface area contributed by atoms with Gasteiger partial charge < -0.3 is 19.8 Å². The van der Waals surface area contributed by atoms with Crippen LogP contribution in [0.4, 0.5) is 10.5 Å². The first kappa shape index (κ1) is 12.4. The minimum absolute atomic E-state index is 0.272. The number of ether oxygens (including phenoxy) is 1. The van der Waals surface area contributed by atoms with Crippen LogP contribution in [-0.2, 0) is 4.74 Å². The van der Waals surface area contributed by atoms with Gasteiger partial charge in [-0.15, -0.1) is 0 Å². The van der Waals surface area contributed by atoms with Crippen molar-refractivity contribution in [3.8, 4) is 0 Å². The number of oxazole rings is 1. The molecule has 6 nitrogen and oxygen atoms in total. The van der Waals surface area contributed by atoms with Crippen molar-refractivity contribution in [3.63, 3.8) is 0 Å². The van der Waals surface area contributed by atoms with Crippen molar-refractivity contribution in [2.24, 2.45) is 0 Å².